The van der Waals surface area contributed by atoms with Gasteiger partial charge in [0.1, 0.15) is 6.54 Å². The van der Waals surface area contributed by atoms with Gasteiger partial charge in [-0.25, -0.2) is 0 Å². The number of ketones is 1. The molecule has 20 heavy (non-hydrogen) atoms. The van der Waals surface area contributed by atoms with Crippen LogP contribution in [0.25, 0.3) is 0 Å². The zero-order valence-electron chi connectivity index (χ0n) is 13.6. The molecule has 0 unspecified atom stereocenters. The Kier molecular flexibility index (Phi) is 5.75. The number of anilines is 1. The second-order valence-electron chi connectivity index (χ2n) is 5.80. The molecule has 0 spiro atoms. The van der Waals surface area contributed by atoms with Gasteiger partial charge in [0, 0.05) is 12.1 Å². The second kappa shape index (κ2) is 6.89. The van der Waals surface area contributed by atoms with Crippen molar-refractivity contribution in [2.45, 2.75) is 41.0 Å². The van der Waals surface area contributed by atoms with Gasteiger partial charge < -0.3 is 10.2 Å². The summed E-state index contributed by atoms with van der Waals surface area (Å²) in [5.74, 6) is 0.325. The van der Waals surface area contributed by atoms with Crippen LogP contribution in [0, 0.1) is 13.8 Å². The molecule has 0 aromatic heterocycles. The predicted octanol–water partition coefficient (Wildman–Crippen LogP) is 2.87. The molecule has 1 rings (SSSR count). The summed E-state index contributed by atoms with van der Waals surface area (Å²) >= 11 is 0. The SMILES string of the molecule is CC[N+](CC)(CC)CC(=O)Cc1c(C)cc(N)cc1C. The third-order valence-corrected chi connectivity index (χ3v) is 4.62. The lowest BCUT2D eigenvalue weighted by atomic mass is 9.97. The highest BCUT2D eigenvalue weighted by molar-refractivity contribution is 5.82. The van der Waals surface area contributed by atoms with Gasteiger partial charge in [0.15, 0.2) is 5.78 Å². The summed E-state index contributed by atoms with van der Waals surface area (Å²) in [6.45, 7) is 14.2. The smallest absolute Gasteiger partial charge is 0.191 e. The van der Waals surface area contributed by atoms with Crippen LogP contribution >= 0.6 is 0 Å². The topological polar surface area (TPSA) is 43.1 Å². The maximum Gasteiger partial charge on any atom is 0.191 e. The number of hydrogen-bond acceptors (Lipinski definition) is 2. The lowest BCUT2D eigenvalue weighted by molar-refractivity contribution is -0.915. The molecule has 0 aliphatic carbocycles. The van der Waals surface area contributed by atoms with Crippen LogP contribution in [-0.4, -0.2) is 36.4 Å². The Hall–Kier alpha value is -1.35. The minimum Gasteiger partial charge on any atom is -0.399 e. The molecule has 3 nitrogen and oxygen atoms in total. The molecule has 0 saturated heterocycles. The first-order chi connectivity index (χ1) is 9.37. The van der Waals surface area contributed by atoms with Gasteiger partial charge in [-0.3, -0.25) is 4.79 Å². The number of benzene rings is 1. The van der Waals surface area contributed by atoms with Crippen molar-refractivity contribution < 1.29 is 9.28 Å². The second-order valence-corrected chi connectivity index (χ2v) is 5.80. The number of nitrogens with zero attached hydrogens (tertiary/aromatic N) is 1. The molecule has 112 valence electrons. The minimum absolute atomic E-state index is 0.325. The van der Waals surface area contributed by atoms with E-state index in [9.17, 15) is 4.79 Å². The van der Waals surface area contributed by atoms with Crippen LogP contribution in [0.5, 0.6) is 0 Å². The number of aryl methyl sites for hydroxylation is 2. The molecule has 0 aliphatic heterocycles. The molecule has 3 heteroatoms. The monoisotopic (exact) mass is 277 g/mol. The van der Waals surface area contributed by atoms with Crippen LogP contribution in [0.2, 0.25) is 0 Å². The highest BCUT2D eigenvalue weighted by Gasteiger charge is 2.25. The van der Waals surface area contributed by atoms with Crippen LogP contribution in [0.15, 0.2) is 12.1 Å². The average molecular weight is 277 g/mol. The van der Waals surface area contributed by atoms with Gasteiger partial charge in [-0.05, 0) is 63.4 Å². The van der Waals surface area contributed by atoms with Crippen molar-refractivity contribution in [3.63, 3.8) is 0 Å². The molecule has 0 saturated carbocycles. The van der Waals surface area contributed by atoms with Gasteiger partial charge >= 0.3 is 0 Å². The van der Waals surface area contributed by atoms with Gasteiger partial charge in [-0.1, -0.05) is 0 Å². The molecule has 0 aliphatic rings. The van der Waals surface area contributed by atoms with Gasteiger partial charge in [0.25, 0.3) is 0 Å². The van der Waals surface area contributed by atoms with Crippen LogP contribution in [0.4, 0.5) is 5.69 Å². The highest BCUT2D eigenvalue weighted by atomic mass is 16.1. The van der Waals surface area contributed by atoms with Crippen molar-refractivity contribution in [2.75, 3.05) is 31.9 Å². The van der Waals surface area contributed by atoms with E-state index in [0.717, 1.165) is 46.5 Å². The number of likely N-dealkylation sites (N-methyl/N-ethyl adjacent to an activating group) is 1. The summed E-state index contributed by atoms with van der Waals surface area (Å²) in [5.41, 5.74) is 10.0. The molecule has 0 bridgehead atoms. The number of carbonyl (C=O) groups is 1. The molecule has 1 aromatic carbocycles. The Labute approximate surface area is 123 Å². The Morgan fingerprint density at radius 1 is 1.05 bits per heavy atom. The van der Waals surface area contributed by atoms with Crippen LogP contribution < -0.4 is 5.73 Å². The number of rotatable bonds is 7. The largest absolute Gasteiger partial charge is 0.399 e. The summed E-state index contributed by atoms with van der Waals surface area (Å²) in [6, 6.07) is 3.91. The van der Waals surface area contributed by atoms with E-state index in [0.29, 0.717) is 18.7 Å². The molecule has 0 amide bonds. The van der Waals surface area contributed by atoms with Gasteiger partial charge in [0.05, 0.1) is 19.6 Å². The zero-order chi connectivity index (χ0) is 15.3. The molecule has 0 heterocycles. The summed E-state index contributed by atoms with van der Waals surface area (Å²) < 4.78 is 0.881. The van der Waals surface area contributed by atoms with E-state index in [1.165, 1.54) is 0 Å². The van der Waals surface area contributed by atoms with E-state index < -0.39 is 0 Å². The standard InChI is InChI=1S/C17H29N2O/c1-6-19(7-2,8-3)12-16(20)11-17-13(4)9-15(18)10-14(17)5/h9-10H,6-8,11-12,18H2,1-5H3/q+1. The Morgan fingerprint density at radius 3 is 1.90 bits per heavy atom. The molecule has 0 radical (unpaired) electrons. The fraction of sp³-hybridized carbons (Fsp3) is 0.588. The quantitative estimate of drug-likeness (QED) is 0.615. The van der Waals surface area contributed by atoms with E-state index in [1.54, 1.807) is 0 Å². The number of nitrogens with two attached hydrogens (primary N) is 1. The molecular formula is C17H29N2O+. The van der Waals surface area contributed by atoms with Crippen LogP contribution in [0.3, 0.4) is 0 Å². The fourth-order valence-corrected chi connectivity index (χ4v) is 2.94. The van der Waals surface area contributed by atoms with Gasteiger partial charge in [-0.15, -0.1) is 0 Å². The van der Waals surface area contributed by atoms with E-state index in [2.05, 4.69) is 20.8 Å². The number of quaternary nitrogens is 1. The Bertz CT molecular complexity index is 445. The third-order valence-electron chi connectivity index (χ3n) is 4.62. The highest BCUT2D eigenvalue weighted by Crippen LogP contribution is 2.19. The van der Waals surface area contributed by atoms with Crippen LogP contribution in [0.1, 0.15) is 37.5 Å². The maximum atomic E-state index is 12.4. The first-order valence-corrected chi connectivity index (χ1v) is 7.59. The third kappa shape index (κ3) is 3.83. The predicted molar refractivity (Wildman–Crippen MR) is 85.8 cm³/mol. The van der Waals surface area contributed by atoms with Gasteiger partial charge in [0.2, 0.25) is 0 Å². The van der Waals surface area contributed by atoms with Gasteiger partial charge in [-0.2, -0.15) is 0 Å². The van der Waals surface area contributed by atoms with E-state index in [1.807, 2.05) is 26.0 Å². The van der Waals surface area contributed by atoms with E-state index in [-0.39, 0.29) is 0 Å². The van der Waals surface area contributed by atoms with E-state index >= 15 is 0 Å². The zero-order valence-corrected chi connectivity index (χ0v) is 13.6. The normalized spacial score (nSPS) is 11.7. The molecular weight excluding hydrogens is 248 g/mol. The average Bonchev–Trinajstić information content (AvgIpc) is 2.40. The molecule has 0 fully saturated rings. The van der Waals surface area contributed by atoms with Crippen molar-refractivity contribution in [1.82, 2.24) is 0 Å². The van der Waals surface area contributed by atoms with Crippen molar-refractivity contribution >= 4 is 11.5 Å². The Morgan fingerprint density at radius 2 is 1.50 bits per heavy atom. The summed E-state index contributed by atoms with van der Waals surface area (Å²) in [4.78, 5) is 12.4. The van der Waals surface area contributed by atoms with Crippen molar-refractivity contribution in [3.8, 4) is 0 Å². The summed E-state index contributed by atoms with van der Waals surface area (Å²) in [5, 5.41) is 0. The van der Waals surface area contributed by atoms with E-state index in [4.69, 9.17) is 5.73 Å². The Balaban J connectivity index is 2.87. The van der Waals surface area contributed by atoms with Crippen molar-refractivity contribution in [2.24, 2.45) is 0 Å². The maximum absolute atomic E-state index is 12.4. The lowest BCUT2D eigenvalue weighted by Crippen LogP contribution is -2.51. The minimum atomic E-state index is 0.325. The molecule has 1 aromatic rings. The number of nitrogen functional groups attached to an aromatic ring is 1. The number of carbonyl (C=O) groups excluding carboxylic acids is 1. The first-order valence-electron chi connectivity index (χ1n) is 7.59. The lowest BCUT2D eigenvalue weighted by Gasteiger charge is -2.35. The number of Topliss-reactive ketones (excluding diaryl/α,β-unsaturated/α-hetero) is 1. The van der Waals surface area contributed by atoms with Crippen molar-refractivity contribution in [1.29, 1.82) is 0 Å². The summed E-state index contributed by atoms with van der Waals surface area (Å²) in [6.07, 6.45) is 0.526. The van der Waals surface area contributed by atoms with Crippen molar-refractivity contribution in [3.05, 3.63) is 28.8 Å². The number of hydrogen-bond donors (Lipinski definition) is 1. The fourth-order valence-electron chi connectivity index (χ4n) is 2.94. The summed E-state index contributed by atoms with van der Waals surface area (Å²) in [7, 11) is 0. The molecule has 2 N–H and O–H groups in total. The first kappa shape index (κ1) is 16.7. The van der Waals surface area contributed by atoms with Crippen LogP contribution in [-0.2, 0) is 11.2 Å². The molecule has 0 atom stereocenters.